The summed E-state index contributed by atoms with van der Waals surface area (Å²) in [4.78, 5) is 59.1. The van der Waals surface area contributed by atoms with E-state index in [0.717, 1.165) is 34.4 Å². The minimum atomic E-state index is -1.71. The number of hydrogen-bond donors (Lipinski definition) is 2. The number of Topliss-reactive ketones (excluding diaryl/α,β-unsaturated/α-hetero) is 4. The van der Waals surface area contributed by atoms with Gasteiger partial charge in [-0.3, -0.25) is 19.2 Å². The van der Waals surface area contributed by atoms with Crippen LogP contribution in [-0.2, 0) is 14.4 Å². The molecule has 0 heterocycles. The highest BCUT2D eigenvalue weighted by molar-refractivity contribution is 6.38. The van der Waals surface area contributed by atoms with Gasteiger partial charge in [-0.1, -0.05) is 54.9 Å². The lowest BCUT2D eigenvalue weighted by molar-refractivity contribution is -0.184. The number of aromatic hydroxyl groups is 2. The molecular weight excluding hydrogens is 552 g/mol. The van der Waals surface area contributed by atoms with Gasteiger partial charge in [0.15, 0.2) is 34.6 Å². The normalized spacial score (nSPS) is 26.5. The first-order valence-corrected chi connectivity index (χ1v) is 15.6. The van der Waals surface area contributed by atoms with Crippen molar-refractivity contribution in [3.05, 3.63) is 71.4 Å². The summed E-state index contributed by atoms with van der Waals surface area (Å²) in [5.41, 5.74) is -0.285. The van der Waals surface area contributed by atoms with E-state index < -0.39 is 51.0 Å². The van der Waals surface area contributed by atoms with Gasteiger partial charge in [0.25, 0.3) is 0 Å². The van der Waals surface area contributed by atoms with E-state index in [2.05, 4.69) is 19.2 Å². The average Bonchev–Trinajstić information content (AvgIpc) is 2.91. The largest absolute Gasteiger partial charge is 0.504 e. The van der Waals surface area contributed by atoms with Crippen molar-refractivity contribution in [3.63, 3.8) is 0 Å². The molecule has 5 atom stereocenters. The van der Waals surface area contributed by atoms with E-state index >= 15 is 4.79 Å². The van der Waals surface area contributed by atoms with Crippen molar-refractivity contribution in [3.8, 4) is 11.5 Å². The number of hydrogen-bond acceptors (Lipinski definition) is 6. The molecule has 2 bridgehead atoms. The molecule has 2 N–H and O–H groups in total. The number of allylic oxidation sites excluding steroid dienone is 6. The predicted molar refractivity (Wildman–Crippen MR) is 174 cm³/mol. The first kappa shape index (κ1) is 34.9. The van der Waals surface area contributed by atoms with Crippen LogP contribution in [0.5, 0.6) is 11.5 Å². The lowest BCUT2D eigenvalue weighted by Gasteiger charge is -2.61. The smallest absolute Gasteiger partial charge is 0.181 e. The van der Waals surface area contributed by atoms with E-state index in [4.69, 9.17) is 0 Å². The summed E-state index contributed by atoms with van der Waals surface area (Å²) >= 11 is 0. The van der Waals surface area contributed by atoms with Crippen LogP contribution < -0.4 is 0 Å². The molecule has 0 aliphatic heterocycles. The van der Waals surface area contributed by atoms with Crippen molar-refractivity contribution >= 4 is 23.1 Å². The van der Waals surface area contributed by atoms with E-state index in [1.165, 1.54) is 6.07 Å². The van der Waals surface area contributed by atoms with Gasteiger partial charge in [-0.05, 0) is 116 Å². The topological polar surface area (TPSA) is 109 Å². The predicted octanol–water partition coefficient (Wildman–Crippen LogP) is 8.29. The monoisotopic (exact) mass is 602 g/mol. The second-order valence-electron chi connectivity index (χ2n) is 14.4. The van der Waals surface area contributed by atoms with Crippen molar-refractivity contribution in [2.75, 3.05) is 0 Å². The molecule has 2 aliphatic rings. The molecule has 44 heavy (non-hydrogen) atoms. The maximum atomic E-state index is 15.2. The van der Waals surface area contributed by atoms with Gasteiger partial charge >= 0.3 is 0 Å². The zero-order valence-corrected chi connectivity index (χ0v) is 27.8. The second kappa shape index (κ2) is 12.8. The fourth-order valence-electron chi connectivity index (χ4n) is 7.39. The molecule has 6 heteroatoms. The molecule has 238 valence electrons. The zero-order valence-electron chi connectivity index (χ0n) is 27.8. The van der Waals surface area contributed by atoms with E-state index in [-0.39, 0.29) is 42.4 Å². The third-order valence-corrected chi connectivity index (χ3v) is 10.3. The molecule has 6 nitrogen and oxygen atoms in total. The number of benzene rings is 1. The van der Waals surface area contributed by atoms with Crippen molar-refractivity contribution in [2.45, 2.75) is 93.9 Å². The van der Waals surface area contributed by atoms with Gasteiger partial charge in [0.2, 0.25) is 0 Å². The van der Waals surface area contributed by atoms with Crippen LogP contribution in [0.2, 0.25) is 0 Å². The van der Waals surface area contributed by atoms with Gasteiger partial charge in [0.1, 0.15) is 5.92 Å². The van der Waals surface area contributed by atoms with Crippen LogP contribution in [0, 0.1) is 34.0 Å². The summed E-state index contributed by atoms with van der Waals surface area (Å²) in [6, 6.07) is 3.53. The molecule has 1 unspecified atom stereocenters. The highest BCUT2D eigenvalue weighted by atomic mass is 16.3. The van der Waals surface area contributed by atoms with Crippen LogP contribution in [0.15, 0.2) is 65.8 Å². The van der Waals surface area contributed by atoms with Crippen molar-refractivity contribution < 1.29 is 29.4 Å². The van der Waals surface area contributed by atoms with E-state index in [0.29, 0.717) is 19.3 Å². The Kier molecular flexibility index (Phi) is 10.2. The Morgan fingerprint density at radius 3 is 2.09 bits per heavy atom. The summed E-state index contributed by atoms with van der Waals surface area (Å²) in [7, 11) is 0. The molecule has 2 saturated carbocycles. The van der Waals surface area contributed by atoms with Gasteiger partial charge in [-0.2, -0.15) is 0 Å². The molecule has 1 aromatic carbocycles. The number of phenolic OH excluding ortho intramolecular Hbond substituents is 2. The number of ketones is 4. The Morgan fingerprint density at radius 1 is 0.955 bits per heavy atom. The Bertz CT molecular complexity index is 1450. The molecule has 0 spiro atoms. The minimum Gasteiger partial charge on any atom is -0.504 e. The first-order valence-electron chi connectivity index (χ1n) is 15.6. The lowest BCUT2D eigenvalue weighted by Crippen LogP contribution is -2.72. The van der Waals surface area contributed by atoms with Crippen LogP contribution in [0.25, 0.3) is 0 Å². The molecule has 2 fully saturated rings. The average molecular weight is 603 g/mol. The molecular formula is C38H50O6. The summed E-state index contributed by atoms with van der Waals surface area (Å²) < 4.78 is 0. The number of carbonyl (C=O) groups excluding carboxylic acids is 4. The molecule has 1 aromatic rings. The second-order valence-corrected chi connectivity index (χ2v) is 14.4. The maximum Gasteiger partial charge on any atom is 0.181 e. The highest BCUT2D eigenvalue weighted by Crippen LogP contribution is 2.66. The van der Waals surface area contributed by atoms with Gasteiger partial charge in [-0.25, -0.2) is 0 Å². The molecule has 0 radical (unpaired) electrons. The van der Waals surface area contributed by atoms with E-state index in [1.54, 1.807) is 0 Å². The lowest BCUT2D eigenvalue weighted by atomic mass is 9.37. The summed E-state index contributed by atoms with van der Waals surface area (Å²) in [5, 5.41) is 20.1. The third kappa shape index (κ3) is 6.05. The summed E-state index contributed by atoms with van der Waals surface area (Å²) in [6.07, 6.45) is 6.41. The Balaban J connectivity index is 2.38. The van der Waals surface area contributed by atoms with Gasteiger partial charge in [0.05, 0.1) is 10.8 Å². The molecule has 0 aromatic heterocycles. The van der Waals surface area contributed by atoms with Crippen LogP contribution in [0.4, 0.5) is 0 Å². The Hall–Kier alpha value is -3.54. The Morgan fingerprint density at radius 2 is 1.57 bits per heavy atom. The van der Waals surface area contributed by atoms with Crippen LogP contribution in [0.3, 0.4) is 0 Å². The van der Waals surface area contributed by atoms with E-state index in [9.17, 15) is 24.6 Å². The molecule has 2 aliphatic carbocycles. The molecule has 0 amide bonds. The first-order chi connectivity index (χ1) is 20.3. The standard InChI is InChI=1S/C38H50O6/c1-22(2)11-13-27(25(7)8)20-37-21-28(15-12-23(3)4)36(9,10)38(35(37)44,18-17-24(5)6)34(43)31(33(37)42)32(41)26-14-16-29(39)30(40)19-26/h12,14,16-17,19,27-28,31,39-40H,1,7,11,13,15,18,20-21H2,2-6,8-10H3/t27-,28+,31?,37+,38-/m1/s1. The van der Waals surface area contributed by atoms with E-state index in [1.807, 2.05) is 61.5 Å². The Labute approximate surface area is 263 Å². The van der Waals surface area contributed by atoms with Crippen LogP contribution in [-0.4, -0.2) is 33.3 Å². The SMILES string of the molecule is C=C(C)CC[C@H](C[C@]12C[C@H](CC=C(C)C)C(C)(C)[C@](CC=C(C)C)(C(=O)C(C(=O)c3ccc(O)c(O)c3)C1=O)C2=O)C(=C)C. The highest BCUT2D eigenvalue weighted by Gasteiger charge is 2.75. The van der Waals surface area contributed by atoms with Crippen molar-refractivity contribution in [2.24, 2.45) is 34.0 Å². The van der Waals surface area contributed by atoms with Gasteiger partial charge < -0.3 is 10.2 Å². The van der Waals surface area contributed by atoms with Gasteiger partial charge in [0, 0.05) is 5.56 Å². The number of carbonyl (C=O) groups is 4. The fourth-order valence-corrected chi connectivity index (χ4v) is 7.39. The van der Waals surface area contributed by atoms with Crippen LogP contribution in [0.1, 0.15) is 104 Å². The number of fused-ring (bicyclic) bond motifs is 2. The zero-order chi connectivity index (χ0) is 33.4. The molecule has 0 saturated heterocycles. The number of phenols is 2. The van der Waals surface area contributed by atoms with Crippen molar-refractivity contribution in [1.82, 2.24) is 0 Å². The number of rotatable bonds is 12. The fraction of sp³-hybridized carbons (Fsp3) is 0.526. The van der Waals surface area contributed by atoms with Crippen molar-refractivity contribution in [1.29, 1.82) is 0 Å². The third-order valence-electron chi connectivity index (χ3n) is 10.3. The quantitative estimate of drug-likeness (QED) is 0.108. The minimum absolute atomic E-state index is 0.0652. The molecule has 3 rings (SSSR count). The summed E-state index contributed by atoms with van der Waals surface area (Å²) in [6.45, 7) is 23.8. The maximum absolute atomic E-state index is 15.2. The van der Waals surface area contributed by atoms with Gasteiger partial charge in [-0.15, -0.1) is 6.58 Å². The summed E-state index contributed by atoms with van der Waals surface area (Å²) in [5.74, 6) is -5.51. The van der Waals surface area contributed by atoms with Crippen LogP contribution >= 0.6 is 0 Å².